The second kappa shape index (κ2) is 6.08. The van der Waals surface area contributed by atoms with Gasteiger partial charge in [0.25, 0.3) is 0 Å². The van der Waals surface area contributed by atoms with Crippen molar-refractivity contribution in [2.24, 2.45) is 0 Å². The molecule has 1 atom stereocenters. The Hall–Kier alpha value is -2.97. The lowest BCUT2D eigenvalue weighted by Crippen LogP contribution is -2.01. The van der Waals surface area contributed by atoms with Crippen LogP contribution in [-0.2, 0) is 0 Å². The first-order valence-corrected chi connectivity index (χ1v) is 8.97. The number of rotatable bonds is 3. The van der Waals surface area contributed by atoms with Gasteiger partial charge in [0.2, 0.25) is 0 Å². The van der Waals surface area contributed by atoms with Gasteiger partial charge < -0.3 is 9.40 Å². The predicted octanol–water partition coefficient (Wildman–Crippen LogP) is 6.75. The van der Waals surface area contributed by atoms with Crippen LogP contribution in [0.3, 0.4) is 0 Å². The molecule has 1 unspecified atom stereocenters. The summed E-state index contributed by atoms with van der Waals surface area (Å²) in [5.74, 6) is 0.928. The highest BCUT2D eigenvalue weighted by atomic mass is 35.5. The summed E-state index contributed by atoms with van der Waals surface area (Å²) in [6.07, 6.45) is 2.09. The van der Waals surface area contributed by atoms with Gasteiger partial charge in [-0.25, -0.2) is 0 Å². The monoisotopic (exact) mass is 357 g/mol. The van der Waals surface area contributed by atoms with Crippen LogP contribution in [0.2, 0.25) is 5.02 Å². The molecule has 0 saturated heterocycles. The van der Waals surface area contributed by atoms with E-state index in [0.717, 1.165) is 22.2 Å². The van der Waals surface area contributed by atoms with Crippen LogP contribution in [0.1, 0.15) is 22.8 Å². The standard InChI is InChI=1S/C23H16ClNO/c24-17-10-11-21-16(12-17)13-22(26-21)23(15-6-2-1-3-7-15)19-14-25-20-9-5-4-8-18(19)20/h1-14,23,25H. The molecular formula is C23H16ClNO. The number of hydrogen-bond donors (Lipinski definition) is 1. The quantitative estimate of drug-likeness (QED) is 0.380. The molecule has 0 aliphatic rings. The zero-order valence-corrected chi connectivity index (χ0v) is 14.7. The molecule has 0 spiro atoms. The molecule has 5 rings (SSSR count). The molecule has 2 aromatic heterocycles. The van der Waals surface area contributed by atoms with E-state index in [-0.39, 0.29) is 5.92 Å². The third-order valence-electron chi connectivity index (χ3n) is 4.85. The minimum absolute atomic E-state index is 0.0125. The van der Waals surface area contributed by atoms with E-state index in [1.807, 2.05) is 30.3 Å². The summed E-state index contributed by atoms with van der Waals surface area (Å²) in [6, 6.07) is 26.7. The van der Waals surface area contributed by atoms with Crippen molar-refractivity contribution in [3.8, 4) is 0 Å². The van der Waals surface area contributed by atoms with Gasteiger partial charge >= 0.3 is 0 Å². The molecule has 0 fully saturated rings. The van der Waals surface area contributed by atoms with Crippen molar-refractivity contribution < 1.29 is 4.42 Å². The maximum Gasteiger partial charge on any atom is 0.134 e. The highest BCUT2D eigenvalue weighted by Gasteiger charge is 2.23. The molecule has 1 N–H and O–H groups in total. The molecule has 3 aromatic carbocycles. The Kier molecular flexibility index (Phi) is 3.58. The van der Waals surface area contributed by atoms with Crippen LogP contribution in [0.25, 0.3) is 21.9 Å². The van der Waals surface area contributed by atoms with Crippen molar-refractivity contribution in [2.75, 3.05) is 0 Å². The number of fused-ring (bicyclic) bond motifs is 2. The summed E-state index contributed by atoms with van der Waals surface area (Å²) in [4.78, 5) is 3.39. The Morgan fingerprint density at radius 1 is 0.846 bits per heavy atom. The highest BCUT2D eigenvalue weighted by molar-refractivity contribution is 6.31. The lowest BCUT2D eigenvalue weighted by molar-refractivity contribution is 0.542. The van der Waals surface area contributed by atoms with Gasteiger partial charge in [0.05, 0.1) is 5.92 Å². The summed E-state index contributed by atoms with van der Waals surface area (Å²) in [6.45, 7) is 0. The van der Waals surface area contributed by atoms with Crippen molar-refractivity contribution in [2.45, 2.75) is 5.92 Å². The van der Waals surface area contributed by atoms with Gasteiger partial charge in [0, 0.05) is 27.5 Å². The van der Waals surface area contributed by atoms with Gasteiger partial charge in [0.15, 0.2) is 0 Å². The van der Waals surface area contributed by atoms with E-state index in [9.17, 15) is 0 Å². The van der Waals surface area contributed by atoms with Crippen LogP contribution in [-0.4, -0.2) is 4.98 Å². The zero-order valence-electron chi connectivity index (χ0n) is 13.9. The van der Waals surface area contributed by atoms with Gasteiger partial charge in [-0.3, -0.25) is 0 Å². The fourth-order valence-electron chi connectivity index (χ4n) is 3.65. The highest BCUT2D eigenvalue weighted by Crippen LogP contribution is 2.38. The number of aromatic amines is 1. The number of nitrogens with one attached hydrogen (secondary N) is 1. The third-order valence-corrected chi connectivity index (χ3v) is 5.08. The van der Waals surface area contributed by atoms with Crippen LogP contribution in [0.4, 0.5) is 0 Å². The van der Waals surface area contributed by atoms with Gasteiger partial charge in [-0.1, -0.05) is 60.1 Å². The van der Waals surface area contributed by atoms with Gasteiger partial charge in [0.1, 0.15) is 11.3 Å². The van der Waals surface area contributed by atoms with Gasteiger partial charge in [-0.15, -0.1) is 0 Å². The smallest absolute Gasteiger partial charge is 0.134 e. The van der Waals surface area contributed by atoms with Crippen molar-refractivity contribution in [3.05, 3.63) is 107 Å². The van der Waals surface area contributed by atoms with Crippen LogP contribution in [0.15, 0.2) is 89.5 Å². The lowest BCUT2D eigenvalue weighted by Gasteiger charge is -2.15. The molecule has 0 radical (unpaired) electrons. The molecule has 126 valence electrons. The Morgan fingerprint density at radius 2 is 1.65 bits per heavy atom. The van der Waals surface area contributed by atoms with Crippen molar-refractivity contribution in [1.29, 1.82) is 0 Å². The molecule has 0 aliphatic carbocycles. The number of benzene rings is 3. The fourth-order valence-corrected chi connectivity index (χ4v) is 3.83. The van der Waals surface area contributed by atoms with Crippen LogP contribution < -0.4 is 0 Å². The molecular weight excluding hydrogens is 342 g/mol. The normalized spacial score (nSPS) is 12.7. The number of para-hydroxylation sites is 1. The molecule has 0 aliphatic heterocycles. The Bertz CT molecular complexity index is 1200. The van der Waals surface area contributed by atoms with Gasteiger partial charge in [-0.2, -0.15) is 0 Å². The summed E-state index contributed by atoms with van der Waals surface area (Å²) >= 11 is 6.16. The predicted molar refractivity (Wildman–Crippen MR) is 107 cm³/mol. The molecule has 0 amide bonds. The van der Waals surface area contributed by atoms with E-state index in [0.29, 0.717) is 5.02 Å². The molecule has 3 heteroatoms. The first-order chi connectivity index (χ1) is 12.8. The van der Waals surface area contributed by atoms with Crippen molar-refractivity contribution >= 4 is 33.5 Å². The van der Waals surface area contributed by atoms with Gasteiger partial charge in [-0.05, 0) is 41.5 Å². The minimum atomic E-state index is 0.0125. The Morgan fingerprint density at radius 3 is 2.54 bits per heavy atom. The van der Waals surface area contributed by atoms with E-state index in [2.05, 4.69) is 59.7 Å². The SMILES string of the molecule is Clc1ccc2oc(C(c3ccccc3)c3c[nH]c4ccccc34)cc2c1. The fraction of sp³-hybridized carbons (Fsp3) is 0.0435. The largest absolute Gasteiger partial charge is 0.460 e. The topological polar surface area (TPSA) is 28.9 Å². The Labute approximate surface area is 156 Å². The van der Waals surface area contributed by atoms with Crippen LogP contribution in [0.5, 0.6) is 0 Å². The van der Waals surface area contributed by atoms with E-state index in [4.69, 9.17) is 16.0 Å². The lowest BCUT2D eigenvalue weighted by atomic mass is 9.89. The first-order valence-electron chi connectivity index (χ1n) is 8.59. The molecule has 0 bridgehead atoms. The van der Waals surface area contributed by atoms with Crippen molar-refractivity contribution in [3.63, 3.8) is 0 Å². The average molecular weight is 358 g/mol. The first kappa shape index (κ1) is 15.3. The van der Waals surface area contributed by atoms with Crippen LogP contribution >= 0.6 is 11.6 Å². The molecule has 0 saturated carbocycles. The van der Waals surface area contributed by atoms with E-state index < -0.39 is 0 Å². The number of aromatic nitrogens is 1. The maximum absolute atomic E-state index is 6.24. The number of H-pyrrole nitrogens is 1. The van der Waals surface area contributed by atoms with E-state index >= 15 is 0 Å². The molecule has 26 heavy (non-hydrogen) atoms. The Balaban J connectivity index is 1.76. The molecule has 2 nitrogen and oxygen atoms in total. The summed E-state index contributed by atoms with van der Waals surface area (Å²) in [7, 11) is 0. The summed E-state index contributed by atoms with van der Waals surface area (Å²) < 4.78 is 6.24. The maximum atomic E-state index is 6.24. The zero-order chi connectivity index (χ0) is 17.5. The van der Waals surface area contributed by atoms with E-state index in [1.165, 1.54) is 16.5 Å². The minimum Gasteiger partial charge on any atom is -0.460 e. The van der Waals surface area contributed by atoms with E-state index in [1.54, 1.807) is 0 Å². The summed E-state index contributed by atoms with van der Waals surface area (Å²) in [5, 5.41) is 2.95. The second-order valence-corrected chi connectivity index (χ2v) is 6.90. The van der Waals surface area contributed by atoms with Crippen LogP contribution in [0, 0.1) is 0 Å². The third kappa shape index (κ3) is 2.51. The van der Waals surface area contributed by atoms with Crippen molar-refractivity contribution in [1.82, 2.24) is 4.98 Å². The molecule has 5 aromatic rings. The molecule has 2 heterocycles. The number of halogens is 1. The second-order valence-electron chi connectivity index (χ2n) is 6.46. The number of furan rings is 1. The number of hydrogen-bond acceptors (Lipinski definition) is 1. The average Bonchev–Trinajstić information content (AvgIpc) is 3.27. The summed E-state index contributed by atoms with van der Waals surface area (Å²) in [5.41, 5.74) is 4.38.